The lowest BCUT2D eigenvalue weighted by atomic mass is 10.2. The third-order valence-electron chi connectivity index (χ3n) is 2.91. The fourth-order valence-corrected chi connectivity index (χ4v) is 2.21. The van der Waals surface area contributed by atoms with Crippen molar-refractivity contribution in [1.82, 2.24) is 4.90 Å². The molecule has 18 heavy (non-hydrogen) atoms. The fraction of sp³-hybridized carbons (Fsp3) is 0.385. The van der Waals surface area contributed by atoms with Gasteiger partial charge in [0.25, 0.3) is 0 Å². The van der Waals surface area contributed by atoms with Crippen molar-refractivity contribution in [2.24, 2.45) is 0 Å². The SMILES string of the molecule is N#CCC(=O)N(Cc1cccc(Cl)c1Cl)C1CC1. The molecule has 3 nitrogen and oxygen atoms in total. The molecular weight excluding hydrogens is 271 g/mol. The third-order valence-corrected chi connectivity index (χ3v) is 3.77. The van der Waals surface area contributed by atoms with E-state index >= 15 is 0 Å². The maximum absolute atomic E-state index is 11.9. The summed E-state index contributed by atoms with van der Waals surface area (Å²) in [5, 5.41) is 9.57. The van der Waals surface area contributed by atoms with E-state index in [9.17, 15) is 4.79 Å². The first-order chi connectivity index (χ1) is 8.63. The van der Waals surface area contributed by atoms with Gasteiger partial charge in [0.2, 0.25) is 5.91 Å². The number of carbonyl (C=O) groups is 1. The van der Waals surface area contributed by atoms with Crippen LogP contribution in [0.25, 0.3) is 0 Å². The second-order valence-corrected chi connectivity index (χ2v) is 5.09. The van der Waals surface area contributed by atoms with E-state index < -0.39 is 0 Å². The van der Waals surface area contributed by atoms with Gasteiger partial charge < -0.3 is 4.90 Å². The fourth-order valence-electron chi connectivity index (χ4n) is 1.83. The molecule has 0 aromatic heterocycles. The molecule has 1 aliphatic carbocycles. The van der Waals surface area contributed by atoms with Crippen molar-refractivity contribution in [2.45, 2.75) is 31.8 Å². The minimum absolute atomic E-state index is 0.0886. The van der Waals surface area contributed by atoms with E-state index in [2.05, 4.69) is 0 Å². The molecule has 0 heterocycles. The first kappa shape index (κ1) is 13.2. The first-order valence-electron chi connectivity index (χ1n) is 5.72. The Balaban J connectivity index is 2.16. The molecule has 1 aromatic rings. The Labute approximate surface area is 116 Å². The predicted octanol–water partition coefficient (Wildman–Crippen LogP) is 3.40. The molecule has 1 aromatic carbocycles. The summed E-state index contributed by atoms with van der Waals surface area (Å²) in [5.74, 6) is -0.143. The van der Waals surface area contributed by atoms with Crippen molar-refractivity contribution in [1.29, 1.82) is 5.26 Å². The molecule has 5 heteroatoms. The van der Waals surface area contributed by atoms with Crippen LogP contribution in [0.2, 0.25) is 10.0 Å². The van der Waals surface area contributed by atoms with Gasteiger partial charge in [-0.25, -0.2) is 0 Å². The summed E-state index contributed by atoms with van der Waals surface area (Å²) in [6, 6.07) is 7.52. The highest BCUT2D eigenvalue weighted by atomic mass is 35.5. The maximum Gasteiger partial charge on any atom is 0.237 e. The van der Waals surface area contributed by atoms with Crippen LogP contribution in [0.5, 0.6) is 0 Å². The predicted molar refractivity (Wildman–Crippen MR) is 70.3 cm³/mol. The summed E-state index contributed by atoms with van der Waals surface area (Å²) in [5.41, 5.74) is 0.822. The molecule has 1 amide bonds. The van der Waals surface area contributed by atoms with E-state index in [1.54, 1.807) is 11.0 Å². The molecular formula is C13H12Cl2N2O. The lowest BCUT2D eigenvalue weighted by Gasteiger charge is -2.22. The molecule has 0 bridgehead atoms. The molecule has 0 spiro atoms. The number of carbonyl (C=O) groups excluding carboxylic acids is 1. The third kappa shape index (κ3) is 2.95. The van der Waals surface area contributed by atoms with Crippen LogP contribution in [0.1, 0.15) is 24.8 Å². The highest BCUT2D eigenvalue weighted by molar-refractivity contribution is 6.42. The van der Waals surface area contributed by atoms with Gasteiger partial charge in [-0.3, -0.25) is 4.79 Å². The lowest BCUT2D eigenvalue weighted by Crippen LogP contribution is -2.32. The zero-order chi connectivity index (χ0) is 13.1. The Kier molecular flexibility index (Phi) is 4.11. The zero-order valence-electron chi connectivity index (χ0n) is 9.70. The van der Waals surface area contributed by atoms with Gasteiger partial charge in [0.05, 0.1) is 16.1 Å². The number of amides is 1. The van der Waals surface area contributed by atoms with Crippen LogP contribution in [-0.4, -0.2) is 16.8 Å². The zero-order valence-corrected chi connectivity index (χ0v) is 11.2. The van der Waals surface area contributed by atoms with E-state index in [1.807, 2.05) is 18.2 Å². The number of nitriles is 1. The van der Waals surface area contributed by atoms with Crippen molar-refractivity contribution in [3.05, 3.63) is 33.8 Å². The Morgan fingerprint density at radius 3 is 2.78 bits per heavy atom. The molecule has 0 radical (unpaired) electrons. The summed E-state index contributed by atoms with van der Waals surface area (Å²) < 4.78 is 0. The second-order valence-electron chi connectivity index (χ2n) is 4.30. The second kappa shape index (κ2) is 5.60. The maximum atomic E-state index is 11.9. The topological polar surface area (TPSA) is 44.1 Å². The van der Waals surface area contributed by atoms with Crippen molar-refractivity contribution in [3.8, 4) is 6.07 Å². The van der Waals surface area contributed by atoms with Crippen molar-refractivity contribution >= 4 is 29.1 Å². The van der Waals surface area contributed by atoms with E-state index in [4.69, 9.17) is 28.5 Å². The average Bonchev–Trinajstić information content (AvgIpc) is 3.15. The van der Waals surface area contributed by atoms with E-state index in [-0.39, 0.29) is 18.4 Å². The Bertz CT molecular complexity index is 506. The van der Waals surface area contributed by atoms with Crippen molar-refractivity contribution in [2.75, 3.05) is 0 Å². The summed E-state index contributed by atoms with van der Waals surface area (Å²) >= 11 is 12.1. The van der Waals surface area contributed by atoms with Crippen LogP contribution in [0.3, 0.4) is 0 Å². The van der Waals surface area contributed by atoms with Crippen LogP contribution in [-0.2, 0) is 11.3 Å². The van der Waals surface area contributed by atoms with Gasteiger partial charge in [0.1, 0.15) is 6.42 Å². The highest BCUT2D eigenvalue weighted by Crippen LogP contribution is 2.32. The number of nitrogens with zero attached hydrogens (tertiary/aromatic N) is 2. The summed E-state index contributed by atoms with van der Waals surface area (Å²) in [6.45, 7) is 0.421. The van der Waals surface area contributed by atoms with Crippen molar-refractivity contribution in [3.63, 3.8) is 0 Å². The molecule has 94 valence electrons. The molecule has 1 fully saturated rings. The average molecular weight is 283 g/mol. The molecule has 0 N–H and O–H groups in total. The highest BCUT2D eigenvalue weighted by Gasteiger charge is 2.32. The smallest absolute Gasteiger partial charge is 0.237 e. The molecule has 0 aliphatic heterocycles. The van der Waals surface area contributed by atoms with Crippen LogP contribution >= 0.6 is 23.2 Å². The van der Waals surface area contributed by atoms with E-state index in [0.717, 1.165) is 18.4 Å². The first-order valence-corrected chi connectivity index (χ1v) is 6.48. The van der Waals surface area contributed by atoms with Crippen LogP contribution < -0.4 is 0 Å². The normalized spacial score (nSPS) is 14.1. The summed E-state index contributed by atoms with van der Waals surface area (Å²) in [7, 11) is 0. The van der Waals surface area contributed by atoms with Gasteiger partial charge >= 0.3 is 0 Å². The number of benzene rings is 1. The molecule has 1 aliphatic rings. The number of halogens is 2. The molecule has 1 saturated carbocycles. The minimum Gasteiger partial charge on any atom is -0.334 e. The van der Waals surface area contributed by atoms with Crippen LogP contribution in [0, 0.1) is 11.3 Å². The van der Waals surface area contributed by atoms with Crippen LogP contribution in [0.15, 0.2) is 18.2 Å². The number of hydrogen-bond donors (Lipinski definition) is 0. The Morgan fingerprint density at radius 2 is 2.17 bits per heavy atom. The Hall–Kier alpha value is -1.24. The quantitative estimate of drug-likeness (QED) is 0.850. The standard InChI is InChI=1S/C13H12Cl2N2O/c14-11-3-1-2-9(13(11)15)8-17(10-4-5-10)12(18)6-7-16/h1-3,10H,4-6,8H2. The number of hydrogen-bond acceptors (Lipinski definition) is 2. The molecule has 0 atom stereocenters. The van der Waals surface area contributed by atoms with Gasteiger partial charge in [0.15, 0.2) is 0 Å². The van der Waals surface area contributed by atoms with E-state index in [0.29, 0.717) is 16.6 Å². The molecule has 0 unspecified atom stereocenters. The largest absolute Gasteiger partial charge is 0.334 e. The summed E-state index contributed by atoms with van der Waals surface area (Å²) in [6.07, 6.45) is 1.90. The monoisotopic (exact) mass is 282 g/mol. The van der Waals surface area contributed by atoms with E-state index in [1.165, 1.54) is 0 Å². The van der Waals surface area contributed by atoms with Gasteiger partial charge in [-0.1, -0.05) is 35.3 Å². The minimum atomic E-state index is -0.143. The van der Waals surface area contributed by atoms with Gasteiger partial charge in [-0.15, -0.1) is 0 Å². The lowest BCUT2D eigenvalue weighted by molar-refractivity contribution is -0.131. The van der Waals surface area contributed by atoms with Gasteiger partial charge in [-0.2, -0.15) is 5.26 Å². The molecule has 2 rings (SSSR count). The Morgan fingerprint density at radius 1 is 1.44 bits per heavy atom. The van der Waals surface area contributed by atoms with Crippen LogP contribution in [0.4, 0.5) is 0 Å². The summed E-state index contributed by atoms with van der Waals surface area (Å²) in [4.78, 5) is 13.6. The molecule has 0 saturated heterocycles. The van der Waals surface area contributed by atoms with Gasteiger partial charge in [0, 0.05) is 12.6 Å². The van der Waals surface area contributed by atoms with Gasteiger partial charge in [-0.05, 0) is 24.5 Å². The number of rotatable bonds is 4. The van der Waals surface area contributed by atoms with Crippen molar-refractivity contribution < 1.29 is 4.79 Å².